The molecule has 0 heterocycles. The summed E-state index contributed by atoms with van der Waals surface area (Å²) in [7, 11) is 0. The Kier molecular flexibility index (Phi) is 233. The van der Waals surface area contributed by atoms with Crippen molar-refractivity contribution >= 4 is 12.6 Å². The fourth-order valence-corrected chi connectivity index (χ4v) is 0.325. The molecule has 0 aromatic carbocycles. The summed E-state index contributed by atoms with van der Waals surface area (Å²) in [4.78, 5) is 18.4. The minimum absolute atomic E-state index is 0. The van der Waals surface area contributed by atoms with Gasteiger partial charge in [0.1, 0.15) is 0 Å². The fourth-order valence-electron chi connectivity index (χ4n) is 0.325. The Bertz CT molecular complexity index is 497. The summed E-state index contributed by atoms with van der Waals surface area (Å²) in [6.07, 6.45) is -1.14. The smallest absolute Gasteiger partial charge is 0 e. The molecule has 0 saturated carbocycles. The molecular formula is C15F6Mn2O12-2. The number of hydrogen-bond acceptors (Lipinski definition) is 2. The maximum atomic E-state index is 12.0. The molecule has 190 valence electrons. The van der Waals surface area contributed by atoms with Crippen molar-refractivity contribution in [3.05, 3.63) is 66.5 Å². The average molecular weight is 596 g/mol. The predicted octanol–water partition coefficient (Wildman–Crippen LogP) is 0.732. The van der Waals surface area contributed by atoms with Crippen molar-refractivity contribution in [1.29, 1.82) is 0 Å². The van der Waals surface area contributed by atoms with Crippen LogP contribution in [0.3, 0.4) is 0 Å². The molecule has 0 aliphatic carbocycles. The van der Waals surface area contributed by atoms with E-state index in [-0.39, 0.29) is 34.1 Å². The molecule has 0 fully saturated rings. The van der Waals surface area contributed by atoms with Crippen molar-refractivity contribution in [1.82, 2.24) is 0 Å². The Hall–Kier alpha value is -2.64. The largest absolute Gasteiger partial charge is 0 e. The van der Waals surface area contributed by atoms with E-state index in [1.807, 2.05) is 0 Å². The first-order chi connectivity index (χ1) is 15.6. The Morgan fingerprint density at radius 1 is 0.371 bits per heavy atom. The van der Waals surface area contributed by atoms with E-state index >= 15 is 0 Å². The number of alkyl halides is 6. The molecule has 0 rings (SSSR count). The Morgan fingerprint density at radius 2 is 0.457 bits per heavy atom. The fraction of sp³-hybridized carbons (Fsp3) is 0.200. The van der Waals surface area contributed by atoms with Crippen molar-refractivity contribution in [2.75, 3.05) is 0 Å². The third kappa shape index (κ3) is 59.2. The molecule has 12 nitrogen and oxygen atoms in total. The summed E-state index contributed by atoms with van der Waals surface area (Å²) in [5.74, 6) is -17.6. The van der Waals surface area contributed by atoms with Crippen molar-refractivity contribution < 1.29 is 117 Å². The van der Waals surface area contributed by atoms with Gasteiger partial charge in [-0.05, 0) is 0 Å². The van der Waals surface area contributed by atoms with Gasteiger partial charge in [0, 0.05) is 34.1 Å². The van der Waals surface area contributed by atoms with E-state index in [0.29, 0.717) is 0 Å². The summed E-state index contributed by atoms with van der Waals surface area (Å²) in [6, 6.07) is 0. The number of carbonyl (C=O) groups excluding carboxylic acids is 2. The molecule has 0 saturated heterocycles. The predicted molar refractivity (Wildman–Crippen MR) is 65.5 cm³/mol. The summed E-state index contributed by atoms with van der Waals surface area (Å²) in [6.45, 7) is 45.0. The van der Waals surface area contributed by atoms with Crippen LogP contribution in [0, 0.1) is 66.5 Å². The van der Waals surface area contributed by atoms with Gasteiger partial charge in [0.15, 0.2) is 0 Å². The maximum absolute atomic E-state index is 12.0. The summed E-state index contributed by atoms with van der Waals surface area (Å²) < 4.78 is 146. The van der Waals surface area contributed by atoms with Crippen molar-refractivity contribution in [3.63, 3.8) is 0 Å². The molecule has 0 aromatic rings. The number of rotatable bonds is 4. The van der Waals surface area contributed by atoms with E-state index in [0.717, 1.165) is 0 Å². The van der Waals surface area contributed by atoms with Gasteiger partial charge in [-0.25, -0.2) is 17.6 Å². The van der Waals surface area contributed by atoms with Crippen LogP contribution >= 0.6 is 0 Å². The van der Waals surface area contributed by atoms with Crippen LogP contribution in [0.25, 0.3) is 0 Å². The molecule has 0 aliphatic heterocycles. The van der Waals surface area contributed by atoms with Crippen LogP contribution in [0.5, 0.6) is 0 Å². The van der Waals surface area contributed by atoms with E-state index in [9.17, 15) is 35.9 Å². The molecule has 0 amide bonds. The van der Waals surface area contributed by atoms with Crippen LogP contribution < -0.4 is 0 Å². The molecular weight excluding hydrogens is 596 g/mol. The van der Waals surface area contributed by atoms with Gasteiger partial charge in [-0.15, -0.1) is 0 Å². The Balaban J connectivity index is -0.0000000170. The molecule has 20 heteroatoms. The first-order valence-electron chi connectivity index (χ1n) is 4.58. The molecule has 2 radical (unpaired) electrons. The van der Waals surface area contributed by atoms with E-state index in [4.69, 9.17) is 46.5 Å². The van der Waals surface area contributed by atoms with E-state index in [1.165, 1.54) is 0 Å². The van der Waals surface area contributed by atoms with E-state index in [1.54, 1.807) is 0 Å². The Morgan fingerprint density at radius 3 is 0.514 bits per heavy atom. The second kappa shape index (κ2) is 95.9. The topological polar surface area (TPSA) is 233 Å². The van der Waals surface area contributed by atoms with Gasteiger partial charge in [-0.3, -0.25) is 0 Å². The van der Waals surface area contributed by atoms with Crippen LogP contribution in [0.15, 0.2) is 0 Å². The number of hydrogen-bond donors (Lipinski definition) is 0. The molecule has 0 atom stereocenters. The summed E-state index contributed by atoms with van der Waals surface area (Å²) >= 11 is 0. The first-order valence-corrected chi connectivity index (χ1v) is 4.58. The van der Waals surface area contributed by atoms with Crippen LogP contribution in [0.1, 0.15) is 0 Å². The van der Waals surface area contributed by atoms with Crippen molar-refractivity contribution in [3.8, 4) is 0 Å². The summed E-state index contributed by atoms with van der Waals surface area (Å²) in [5, 5.41) is 0. The zero-order valence-electron chi connectivity index (χ0n) is 15.4. The molecule has 35 heavy (non-hydrogen) atoms. The average Bonchev–Trinajstić information content (AvgIpc) is 2.95. The van der Waals surface area contributed by atoms with Crippen LogP contribution in [-0.4, -0.2) is 30.3 Å². The molecule has 0 N–H and O–H groups in total. The van der Waals surface area contributed by atoms with E-state index < -0.39 is 30.3 Å². The minimum atomic E-state index is -6.12. The van der Waals surface area contributed by atoms with Gasteiger partial charge in [0.2, 0.25) is 11.8 Å². The van der Waals surface area contributed by atoms with Crippen molar-refractivity contribution in [2.24, 2.45) is 0 Å². The monoisotopic (exact) mass is 596 g/mol. The minimum Gasteiger partial charge on any atom is 0 e. The first kappa shape index (κ1) is 84.9. The number of halogens is 6. The van der Waals surface area contributed by atoms with Gasteiger partial charge in [0.05, 0.1) is 0 Å². The molecule has 0 aliphatic rings. The second-order valence-electron chi connectivity index (χ2n) is 1.93. The van der Waals surface area contributed by atoms with Crippen molar-refractivity contribution in [2.45, 2.75) is 17.8 Å². The van der Waals surface area contributed by atoms with Gasteiger partial charge in [0.25, 0.3) is 0 Å². The maximum Gasteiger partial charge on any atom is 0 e. The third-order valence-corrected chi connectivity index (χ3v) is 1.05. The van der Waals surface area contributed by atoms with Crippen LogP contribution in [0.4, 0.5) is 26.3 Å². The van der Waals surface area contributed by atoms with Gasteiger partial charge in [-0.1, -0.05) is 0 Å². The zero-order chi connectivity index (χ0) is 30.9. The second-order valence-corrected chi connectivity index (χ2v) is 1.93. The SMILES string of the molecule is O=[C-]C(F)(F)C(F)(F)C(F)(F)[C-]=O.[C-]#[O+].[C-]#[O+].[C-]#[O+].[C-]#[O+].[C-]#[O+].[C-]#[O+].[C-]#[O+].[C-]#[O+].[C-]#[O+].[C-]#[O+].[Mn].[Mn]. The summed E-state index contributed by atoms with van der Waals surface area (Å²) in [5.41, 5.74) is 0. The molecule has 0 bridgehead atoms. The van der Waals surface area contributed by atoms with Gasteiger partial charge < -0.3 is 9.59 Å². The van der Waals surface area contributed by atoms with Gasteiger partial charge >= 0.3 is 119 Å². The standard InChI is InChI=1S/C5F6O2.10CO.2Mn/c6-3(7,1-12)5(10,11)4(8,9)2-13;10*1-2;;/q-2;;;;;;;;;;;;. The van der Waals surface area contributed by atoms with Crippen LogP contribution in [0.2, 0.25) is 0 Å². The van der Waals surface area contributed by atoms with Gasteiger partial charge in [-0.2, -0.15) is 21.4 Å². The van der Waals surface area contributed by atoms with Crippen LogP contribution in [-0.2, 0) is 90.2 Å². The molecule has 0 spiro atoms. The molecule has 0 aromatic heterocycles. The van der Waals surface area contributed by atoms with E-state index in [2.05, 4.69) is 66.5 Å². The molecule has 0 unspecified atom stereocenters. The Labute approximate surface area is 213 Å². The quantitative estimate of drug-likeness (QED) is 0.198. The third-order valence-electron chi connectivity index (χ3n) is 1.05. The zero-order valence-corrected chi connectivity index (χ0v) is 17.8. The normalized spacial score (nSPS) is 5.77.